The van der Waals surface area contributed by atoms with Crippen LogP contribution in [0.15, 0.2) is 0 Å². The molecule has 6 nitrogen and oxygen atoms in total. The highest BCUT2D eigenvalue weighted by molar-refractivity contribution is 5.70. The molecule has 1 saturated carbocycles. The molecule has 3 aliphatic rings. The van der Waals surface area contributed by atoms with Crippen LogP contribution in [0.3, 0.4) is 0 Å². The number of carboxylic acids is 1. The molecule has 3 rings (SSSR count). The molecule has 3 fully saturated rings. The van der Waals surface area contributed by atoms with Crippen LogP contribution in [0.4, 0.5) is 0 Å². The average Bonchev–Trinajstić information content (AvgIpc) is 2.98. The number of carboxylic acid groups (broad SMARTS) is 1. The van der Waals surface area contributed by atoms with Gasteiger partial charge in [-0.05, 0) is 44.6 Å². The van der Waals surface area contributed by atoms with Crippen molar-refractivity contribution in [1.82, 2.24) is 16.1 Å². The van der Waals surface area contributed by atoms with Gasteiger partial charge in [-0.25, -0.2) is 0 Å². The van der Waals surface area contributed by atoms with Gasteiger partial charge in [-0.2, -0.15) is 5.48 Å². The summed E-state index contributed by atoms with van der Waals surface area (Å²) in [4.78, 5) is 16.9. The van der Waals surface area contributed by atoms with Gasteiger partial charge < -0.3 is 10.4 Å². The van der Waals surface area contributed by atoms with Gasteiger partial charge in [-0.1, -0.05) is 6.42 Å². The van der Waals surface area contributed by atoms with Crippen LogP contribution in [0.2, 0.25) is 0 Å². The number of hydrogen-bond acceptors (Lipinski definition) is 5. The van der Waals surface area contributed by atoms with Crippen LogP contribution in [0.1, 0.15) is 38.5 Å². The molecule has 0 bridgehead atoms. The molecule has 5 unspecified atom stereocenters. The molecular formula is C14H25N3O3. The SMILES string of the molecule is O=C(O)C1CCCC(C2NOC(C3CCCNC3)N2)C1. The lowest BCUT2D eigenvalue weighted by Crippen LogP contribution is -2.46. The van der Waals surface area contributed by atoms with Crippen molar-refractivity contribution in [3.8, 4) is 0 Å². The summed E-state index contributed by atoms with van der Waals surface area (Å²) in [6.07, 6.45) is 6.17. The van der Waals surface area contributed by atoms with Crippen molar-refractivity contribution in [1.29, 1.82) is 0 Å². The summed E-state index contributed by atoms with van der Waals surface area (Å²) in [5.41, 5.74) is 3.10. The predicted molar refractivity (Wildman–Crippen MR) is 73.6 cm³/mol. The third-order valence-corrected chi connectivity index (χ3v) is 4.96. The second-order valence-electron chi connectivity index (χ2n) is 6.37. The van der Waals surface area contributed by atoms with Crippen molar-refractivity contribution in [3.63, 3.8) is 0 Å². The Hall–Kier alpha value is -0.690. The molecule has 0 aromatic rings. The smallest absolute Gasteiger partial charge is 0.306 e. The van der Waals surface area contributed by atoms with E-state index in [1.165, 1.54) is 12.8 Å². The summed E-state index contributed by atoms with van der Waals surface area (Å²) in [7, 11) is 0. The highest BCUT2D eigenvalue weighted by Gasteiger charge is 2.38. The second kappa shape index (κ2) is 6.39. The van der Waals surface area contributed by atoms with Gasteiger partial charge in [0.25, 0.3) is 0 Å². The van der Waals surface area contributed by atoms with Gasteiger partial charge in [0, 0.05) is 12.5 Å². The predicted octanol–water partition coefficient (Wildman–Crippen LogP) is 0.654. The van der Waals surface area contributed by atoms with Crippen LogP contribution < -0.4 is 16.1 Å². The summed E-state index contributed by atoms with van der Waals surface area (Å²) in [6.45, 7) is 2.09. The first-order valence-corrected chi connectivity index (χ1v) is 7.85. The molecule has 1 aliphatic carbocycles. The van der Waals surface area contributed by atoms with Crippen LogP contribution in [-0.2, 0) is 9.63 Å². The fourth-order valence-electron chi connectivity index (χ4n) is 3.75. The van der Waals surface area contributed by atoms with E-state index in [-0.39, 0.29) is 18.3 Å². The van der Waals surface area contributed by atoms with E-state index < -0.39 is 5.97 Å². The minimum Gasteiger partial charge on any atom is -0.481 e. The Morgan fingerprint density at radius 1 is 1.15 bits per heavy atom. The summed E-state index contributed by atoms with van der Waals surface area (Å²) in [5.74, 6) is 0.0147. The molecule has 4 N–H and O–H groups in total. The normalized spacial score (nSPS) is 42.5. The largest absolute Gasteiger partial charge is 0.481 e. The van der Waals surface area contributed by atoms with E-state index in [9.17, 15) is 9.90 Å². The zero-order valence-electron chi connectivity index (χ0n) is 11.8. The van der Waals surface area contributed by atoms with E-state index in [0.717, 1.165) is 38.8 Å². The number of carbonyl (C=O) groups is 1. The molecule has 0 aromatic carbocycles. The van der Waals surface area contributed by atoms with Crippen molar-refractivity contribution in [3.05, 3.63) is 0 Å². The van der Waals surface area contributed by atoms with Gasteiger partial charge >= 0.3 is 5.97 Å². The Balaban J connectivity index is 1.52. The lowest BCUT2D eigenvalue weighted by molar-refractivity contribution is -0.143. The molecule has 114 valence electrons. The zero-order valence-corrected chi connectivity index (χ0v) is 11.8. The molecule has 0 radical (unpaired) electrons. The maximum atomic E-state index is 11.1. The minimum absolute atomic E-state index is 0.0537. The molecule has 2 saturated heterocycles. The van der Waals surface area contributed by atoms with Gasteiger partial charge in [0.1, 0.15) is 6.23 Å². The summed E-state index contributed by atoms with van der Waals surface area (Å²) >= 11 is 0. The number of hydrogen-bond donors (Lipinski definition) is 4. The Kier molecular flexibility index (Phi) is 4.55. The van der Waals surface area contributed by atoms with Crippen LogP contribution in [-0.4, -0.2) is 36.6 Å². The Bertz CT molecular complexity index is 347. The zero-order chi connectivity index (χ0) is 13.9. The van der Waals surface area contributed by atoms with Gasteiger partial charge in [0.15, 0.2) is 0 Å². The Morgan fingerprint density at radius 2 is 2.00 bits per heavy atom. The number of aliphatic carboxylic acids is 1. The molecule has 20 heavy (non-hydrogen) atoms. The summed E-state index contributed by atoms with van der Waals surface area (Å²) in [6, 6.07) is 0. The van der Waals surface area contributed by atoms with E-state index in [4.69, 9.17) is 4.84 Å². The van der Waals surface area contributed by atoms with E-state index in [1.54, 1.807) is 0 Å². The maximum absolute atomic E-state index is 11.1. The van der Waals surface area contributed by atoms with Gasteiger partial charge in [-0.15, -0.1) is 0 Å². The van der Waals surface area contributed by atoms with Crippen molar-refractivity contribution < 1.29 is 14.7 Å². The summed E-state index contributed by atoms with van der Waals surface area (Å²) < 4.78 is 0. The monoisotopic (exact) mass is 283 g/mol. The fourth-order valence-corrected chi connectivity index (χ4v) is 3.75. The maximum Gasteiger partial charge on any atom is 0.306 e. The van der Waals surface area contributed by atoms with Crippen LogP contribution in [0, 0.1) is 17.8 Å². The molecule has 5 atom stereocenters. The van der Waals surface area contributed by atoms with Crippen LogP contribution >= 0.6 is 0 Å². The molecule has 2 aliphatic heterocycles. The number of rotatable bonds is 3. The first-order valence-electron chi connectivity index (χ1n) is 7.85. The Morgan fingerprint density at radius 3 is 2.75 bits per heavy atom. The average molecular weight is 283 g/mol. The van der Waals surface area contributed by atoms with Crippen molar-refractivity contribution >= 4 is 5.97 Å². The van der Waals surface area contributed by atoms with E-state index >= 15 is 0 Å². The first-order chi connectivity index (χ1) is 9.74. The number of piperidine rings is 1. The molecule has 0 aromatic heterocycles. The third-order valence-electron chi connectivity index (χ3n) is 4.96. The quantitative estimate of drug-likeness (QED) is 0.609. The first kappa shape index (κ1) is 14.3. The molecule has 6 heteroatoms. The van der Waals surface area contributed by atoms with Crippen molar-refractivity contribution in [2.24, 2.45) is 17.8 Å². The summed E-state index contributed by atoms with van der Waals surface area (Å²) in [5, 5.41) is 16.1. The molecule has 0 spiro atoms. The molecule has 0 amide bonds. The standard InChI is InChI=1S/C14H25N3O3/c18-14(19)10-4-1-3-9(7-10)12-16-13(20-17-12)11-5-2-6-15-8-11/h9-13,15-17H,1-8H2,(H,18,19). The van der Waals surface area contributed by atoms with Gasteiger partial charge in [0.05, 0.1) is 12.1 Å². The van der Waals surface area contributed by atoms with Gasteiger partial charge in [0.2, 0.25) is 0 Å². The lowest BCUT2D eigenvalue weighted by atomic mass is 9.80. The fraction of sp³-hybridized carbons (Fsp3) is 0.929. The van der Waals surface area contributed by atoms with Crippen LogP contribution in [0.5, 0.6) is 0 Å². The van der Waals surface area contributed by atoms with E-state index in [2.05, 4.69) is 16.1 Å². The molecular weight excluding hydrogens is 258 g/mol. The van der Waals surface area contributed by atoms with Crippen LogP contribution in [0.25, 0.3) is 0 Å². The van der Waals surface area contributed by atoms with E-state index in [1.807, 2.05) is 0 Å². The Labute approximate surface area is 119 Å². The highest BCUT2D eigenvalue weighted by atomic mass is 16.7. The molecule has 2 heterocycles. The van der Waals surface area contributed by atoms with E-state index in [0.29, 0.717) is 11.8 Å². The lowest BCUT2D eigenvalue weighted by Gasteiger charge is -2.31. The van der Waals surface area contributed by atoms with Crippen molar-refractivity contribution in [2.75, 3.05) is 13.1 Å². The number of hydroxylamine groups is 1. The minimum atomic E-state index is -0.651. The highest BCUT2D eigenvalue weighted by Crippen LogP contribution is 2.32. The van der Waals surface area contributed by atoms with Crippen molar-refractivity contribution in [2.45, 2.75) is 50.9 Å². The third kappa shape index (κ3) is 3.14. The number of nitrogens with one attached hydrogen (secondary N) is 3. The topological polar surface area (TPSA) is 82.6 Å². The second-order valence-corrected chi connectivity index (χ2v) is 6.37. The van der Waals surface area contributed by atoms with Gasteiger partial charge in [-0.3, -0.25) is 14.9 Å².